The van der Waals surface area contributed by atoms with Gasteiger partial charge in [-0.2, -0.15) is 0 Å². The molecule has 0 heterocycles. The van der Waals surface area contributed by atoms with Gasteiger partial charge in [0.05, 0.1) is 0 Å². The van der Waals surface area contributed by atoms with Crippen LogP contribution in [-0.4, -0.2) is 11.5 Å². The molecule has 19 heavy (non-hydrogen) atoms. The largest absolute Gasteiger partial charge is 0.488 e. The van der Waals surface area contributed by atoms with Gasteiger partial charge < -0.3 is 10.1 Å². The van der Waals surface area contributed by atoms with Gasteiger partial charge in [-0.1, -0.05) is 20.8 Å². The molecule has 0 saturated heterocycles. The van der Waals surface area contributed by atoms with Crippen LogP contribution in [0.5, 0.6) is 5.75 Å². The van der Waals surface area contributed by atoms with E-state index >= 15 is 0 Å². The topological polar surface area (TPSA) is 38.3 Å². The van der Waals surface area contributed by atoms with Crippen molar-refractivity contribution in [3.63, 3.8) is 0 Å². The highest BCUT2D eigenvalue weighted by Gasteiger charge is 2.25. The minimum atomic E-state index is -0.347. The standard InChI is InChI=1S/C16H25NO2/c1-7-16(5,6)14(18)17-12-8-10-13(11-9-12)19-15(2,3)4/h8-11H,7H2,1-6H3,(H,17,18). The summed E-state index contributed by atoms with van der Waals surface area (Å²) in [6, 6.07) is 7.48. The summed E-state index contributed by atoms with van der Waals surface area (Å²) in [7, 11) is 0. The Labute approximate surface area is 116 Å². The van der Waals surface area contributed by atoms with Crippen LogP contribution in [0.3, 0.4) is 0 Å². The van der Waals surface area contributed by atoms with E-state index in [2.05, 4.69) is 5.32 Å². The fourth-order valence-corrected chi connectivity index (χ4v) is 1.42. The molecule has 1 aromatic carbocycles. The number of hydrogen-bond acceptors (Lipinski definition) is 2. The van der Waals surface area contributed by atoms with E-state index in [1.165, 1.54) is 0 Å². The molecule has 1 amide bonds. The van der Waals surface area contributed by atoms with Crippen LogP contribution >= 0.6 is 0 Å². The Morgan fingerprint density at radius 3 is 2.05 bits per heavy atom. The van der Waals surface area contributed by atoms with Gasteiger partial charge in [-0.05, 0) is 51.5 Å². The van der Waals surface area contributed by atoms with Crippen molar-refractivity contribution in [1.29, 1.82) is 0 Å². The summed E-state index contributed by atoms with van der Waals surface area (Å²) >= 11 is 0. The first kappa shape index (κ1) is 15.5. The third-order valence-corrected chi connectivity index (χ3v) is 3.03. The lowest BCUT2D eigenvalue weighted by Gasteiger charge is -2.23. The molecule has 0 atom stereocenters. The Morgan fingerprint density at radius 1 is 1.11 bits per heavy atom. The lowest BCUT2D eigenvalue weighted by atomic mass is 9.89. The number of carbonyl (C=O) groups excluding carboxylic acids is 1. The van der Waals surface area contributed by atoms with Crippen LogP contribution in [0.4, 0.5) is 5.69 Å². The van der Waals surface area contributed by atoms with Crippen molar-refractivity contribution < 1.29 is 9.53 Å². The number of hydrogen-bond donors (Lipinski definition) is 1. The van der Waals surface area contributed by atoms with Crippen molar-refractivity contribution >= 4 is 11.6 Å². The van der Waals surface area contributed by atoms with E-state index in [0.29, 0.717) is 0 Å². The Balaban J connectivity index is 2.70. The van der Waals surface area contributed by atoms with Crippen LogP contribution in [0, 0.1) is 5.41 Å². The predicted molar refractivity (Wildman–Crippen MR) is 79.5 cm³/mol. The quantitative estimate of drug-likeness (QED) is 0.882. The normalized spacial score (nSPS) is 12.1. The molecule has 1 N–H and O–H groups in total. The second-order valence-electron chi connectivity index (χ2n) is 6.43. The minimum absolute atomic E-state index is 0.0412. The van der Waals surface area contributed by atoms with E-state index in [-0.39, 0.29) is 16.9 Å². The summed E-state index contributed by atoms with van der Waals surface area (Å²) in [6.07, 6.45) is 0.810. The van der Waals surface area contributed by atoms with Crippen LogP contribution in [-0.2, 0) is 4.79 Å². The third kappa shape index (κ3) is 4.93. The molecular weight excluding hydrogens is 238 g/mol. The summed E-state index contributed by atoms with van der Waals surface area (Å²) in [4.78, 5) is 12.0. The molecule has 106 valence electrons. The number of amides is 1. The maximum absolute atomic E-state index is 12.0. The second-order valence-corrected chi connectivity index (χ2v) is 6.43. The third-order valence-electron chi connectivity index (χ3n) is 3.03. The molecule has 0 aromatic heterocycles. The van der Waals surface area contributed by atoms with Crippen molar-refractivity contribution in [2.75, 3.05) is 5.32 Å². The number of ether oxygens (including phenoxy) is 1. The first-order valence-electron chi connectivity index (χ1n) is 6.74. The zero-order chi connectivity index (χ0) is 14.7. The average Bonchev–Trinajstić information content (AvgIpc) is 2.29. The van der Waals surface area contributed by atoms with Crippen molar-refractivity contribution in [1.82, 2.24) is 0 Å². The fourth-order valence-electron chi connectivity index (χ4n) is 1.42. The molecule has 1 rings (SSSR count). The molecule has 0 aliphatic heterocycles. The molecule has 3 heteroatoms. The Hall–Kier alpha value is -1.51. The Morgan fingerprint density at radius 2 is 1.63 bits per heavy atom. The highest BCUT2D eigenvalue weighted by Crippen LogP contribution is 2.24. The lowest BCUT2D eigenvalue weighted by molar-refractivity contribution is -0.124. The molecule has 0 radical (unpaired) electrons. The van der Waals surface area contributed by atoms with Gasteiger partial charge in [0, 0.05) is 11.1 Å². The van der Waals surface area contributed by atoms with Gasteiger partial charge >= 0.3 is 0 Å². The van der Waals surface area contributed by atoms with Crippen molar-refractivity contribution in [3.8, 4) is 5.75 Å². The highest BCUT2D eigenvalue weighted by atomic mass is 16.5. The number of nitrogens with one attached hydrogen (secondary N) is 1. The van der Waals surface area contributed by atoms with Gasteiger partial charge in [0.25, 0.3) is 0 Å². The average molecular weight is 263 g/mol. The van der Waals surface area contributed by atoms with E-state index < -0.39 is 0 Å². The van der Waals surface area contributed by atoms with E-state index in [1.807, 2.05) is 65.8 Å². The molecule has 0 spiro atoms. The summed E-state index contributed by atoms with van der Waals surface area (Å²) in [5.41, 5.74) is 0.239. The molecule has 0 aliphatic carbocycles. The van der Waals surface area contributed by atoms with Crippen LogP contribution in [0.15, 0.2) is 24.3 Å². The first-order chi connectivity index (χ1) is 8.64. The van der Waals surface area contributed by atoms with Crippen LogP contribution in [0.25, 0.3) is 0 Å². The highest BCUT2D eigenvalue weighted by molar-refractivity contribution is 5.94. The number of benzene rings is 1. The Bertz CT molecular complexity index is 427. The zero-order valence-corrected chi connectivity index (χ0v) is 12.8. The number of rotatable bonds is 4. The minimum Gasteiger partial charge on any atom is -0.488 e. The number of anilines is 1. The van der Waals surface area contributed by atoms with Gasteiger partial charge in [0.1, 0.15) is 11.4 Å². The van der Waals surface area contributed by atoms with Crippen LogP contribution in [0.2, 0.25) is 0 Å². The zero-order valence-electron chi connectivity index (χ0n) is 12.8. The SMILES string of the molecule is CCC(C)(C)C(=O)Nc1ccc(OC(C)(C)C)cc1. The van der Waals surface area contributed by atoms with Gasteiger partial charge in [-0.3, -0.25) is 4.79 Å². The van der Waals surface area contributed by atoms with E-state index in [4.69, 9.17) is 4.74 Å². The summed E-state index contributed by atoms with van der Waals surface area (Å²) < 4.78 is 5.74. The summed E-state index contributed by atoms with van der Waals surface area (Å²) in [5, 5.41) is 2.93. The molecule has 0 bridgehead atoms. The molecular formula is C16H25NO2. The van der Waals surface area contributed by atoms with Crippen molar-refractivity contribution in [2.24, 2.45) is 5.41 Å². The van der Waals surface area contributed by atoms with Gasteiger partial charge in [0.15, 0.2) is 0 Å². The fraction of sp³-hybridized carbons (Fsp3) is 0.562. The molecule has 0 saturated carbocycles. The smallest absolute Gasteiger partial charge is 0.230 e. The summed E-state index contributed by atoms with van der Waals surface area (Å²) in [6.45, 7) is 11.9. The summed E-state index contributed by atoms with van der Waals surface area (Å²) in [5.74, 6) is 0.847. The number of carbonyl (C=O) groups is 1. The van der Waals surface area contributed by atoms with Crippen LogP contribution in [0.1, 0.15) is 48.0 Å². The van der Waals surface area contributed by atoms with Gasteiger partial charge in [0.2, 0.25) is 5.91 Å². The molecule has 0 aliphatic rings. The van der Waals surface area contributed by atoms with Crippen molar-refractivity contribution in [3.05, 3.63) is 24.3 Å². The maximum Gasteiger partial charge on any atom is 0.230 e. The molecule has 1 aromatic rings. The lowest BCUT2D eigenvalue weighted by Crippen LogP contribution is -2.30. The van der Waals surface area contributed by atoms with Gasteiger partial charge in [-0.25, -0.2) is 0 Å². The maximum atomic E-state index is 12.0. The Kier molecular flexibility index (Phi) is 4.61. The van der Waals surface area contributed by atoms with E-state index in [0.717, 1.165) is 17.9 Å². The monoisotopic (exact) mass is 263 g/mol. The molecule has 3 nitrogen and oxygen atoms in total. The van der Waals surface area contributed by atoms with Crippen molar-refractivity contribution in [2.45, 2.75) is 53.6 Å². The molecule has 0 fully saturated rings. The van der Waals surface area contributed by atoms with Gasteiger partial charge in [-0.15, -0.1) is 0 Å². The second kappa shape index (κ2) is 5.64. The van der Waals surface area contributed by atoms with E-state index in [1.54, 1.807) is 0 Å². The van der Waals surface area contributed by atoms with Crippen LogP contribution < -0.4 is 10.1 Å². The first-order valence-corrected chi connectivity index (χ1v) is 6.74. The van der Waals surface area contributed by atoms with E-state index in [9.17, 15) is 4.79 Å². The molecule has 0 unspecified atom stereocenters. The predicted octanol–water partition coefficient (Wildman–Crippen LogP) is 4.24.